The third-order valence-electron chi connectivity index (χ3n) is 4.54. The van der Waals surface area contributed by atoms with Gasteiger partial charge in [0.2, 0.25) is 0 Å². The largest absolute Gasteiger partial charge is 0.424 e. The molecule has 0 spiro atoms. The second-order valence-corrected chi connectivity index (χ2v) is 7.70. The molecule has 0 aromatic carbocycles. The summed E-state index contributed by atoms with van der Waals surface area (Å²) in [5.74, 6) is 0.840. The molecule has 0 N–H and O–H groups in total. The fraction of sp³-hybridized carbons (Fsp3) is 0.900. The van der Waals surface area contributed by atoms with Gasteiger partial charge in [0, 0.05) is 6.61 Å². The normalized spacial score (nSPS) is 13.0. The lowest BCUT2D eigenvalue weighted by Crippen LogP contribution is -2.11. The summed E-state index contributed by atoms with van der Waals surface area (Å²) < 4.78 is 5.83. The Morgan fingerprint density at radius 3 is 1.95 bits per heavy atom. The molecule has 1 nitrogen and oxygen atoms in total. The molecule has 0 rings (SSSR count). The molecular formula is C20H42OSi. The average Bonchev–Trinajstić information content (AvgIpc) is 2.54. The molecular weight excluding hydrogens is 284 g/mol. The molecule has 2 heteroatoms. The summed E-state index contributed by atoms with van der Waals surface area (Å²) >= 11 is 0. The van der Waals surface area contributed by atoms with Gasteiger partial charge in [-0.1, -0.05) is 83.8 Å². The lowest BCUT2D eigenvalue weighted by molar-refractivity contribution is 0.234. The molecule has 0 amide bonds. The monoisotopic (exact) mass is 326 g/mol. The summed E-state index contributed by atoms with van der Waals surface area (Å²) in [6, 6.07) is 0. The first-order valence-corrected chi connectivity index (χ1v) is 12.0. The SMILES string of the molecule is C=CCCCCCCCC(CCCCCCCC)CO[SiH2]C. The Labute approximate surface area is 143 Å². The molecule has 0 aliphatic carbocycles. The van der Waals surface area contributed by atoms with E-state index in [1.807, 2.05) is 6.08 Å². The van der Waals surface area contributed by atoms with Gasteiger partial charge >= 0.3 is 0 Å². The highest BCUT2D eigenvalue weighted by atomic mass is 28.2. The molecule has 0 bridgehead atoms. The van der Waals surface area contributed by atoms with Crippen LogP contribution in [0, 0.1) is 5.92 Å². The van der Waals surface area contributed by atoms with Crippen molar-refractivity contribution in [2.45, 2.75) is 103 Å². The molecule has 1 atom stereocenters. The first kappa shape index (κ1) is 21.9. The third-order valence-corrected chi connectivity index (χ3v) is 5.19. The van der Waals surface area contributed by atoms with E-state index in [4.69, 9.17) is 4.43 Å². The Hall–Kier alpha value is -0.0831. The zero-order valence-corrected chi connectivity index (χ0v) is 17.0. The lowest BCUT2D eigenvalue weighted by Gasteiger charge is -2.17. The van der Waals surface area contributed by atoms with Gasteiger partial charge < -0.3 is 4.43 Å². The van der Waals surface area contributed by atoms with Crippen LogP contribution in [0.4, 0.5) is 0 Å². The number of rotatable bonds is 18. The van der Waals surface area contributed by atoms with Crippen LogP contribution in [0.25, 0.3) is 0 Å². The summed E-state index contributed by atoms with van der Waals surface area (Å²) in [6.07, 6.45) is 21.4. The Bertz CT molecular complexity index is 218. The van der Waals surface area contributed by atoms with E-state index < -0.39 is 0 Å². The Morgan fingerprint density at radius 2 is 1.41 bits per heavy atom. The smallest absolute Gasteiger partial charge is 0.158 e. The van der Waals surface area contributed by atoms with E-state index in [9.17, 15) is 0 Å². The number of unbranched alkanes of at least 4 members (excludes halogenated alkanes) is 10. The van der Waals surface area contributed by atoms with Crippen LogP contribution in [0.1, 0.15) is 96.8 Å². The van der Waals surface area contributed by atoms with Crippen LogP contribution in [0.5, 0.6) is 0 Å². The summed E-state index contributed by atoms with van der Waals surface area (Å²) in [7, 11) is -0.221. The molecule has 0 aromatic heterocycles. The van der Waals surface area contributed by atoms with Crippen LogP contribution in [-0.4, -0.2) is 16.4 Å². The quantitative estimate of drug-likeness (QED) is 0.160. The third kappa shape index (κ3) is 16.3. The molecule has 0 radical (unpaired) electrons. The van der Waals surface area contributed by atoms with E-state index in [1.165, 1.54) is 89.9 Å². The molecule has 1 unspecified atom stereocenters. The van der Waals surface area contributed by atoms with Gasteiger partial charge in [0.25, 0.3) is 0 Å². The van der Waals surface area contributed by atoms with Crippen molar-refractivity contribution < 1.29 is 4.43 Å². The summed E-state index contributed by atoms with van der Waals surface area (Å²) in [5.41, 5.74) is 0. The molecule has 0 fully saturated rings. The highest BCUT2D eigenvalue weighted by Crippen LogP contribution is 2.19. The zero-order valence-electron chi connectivity index (χ0n) is 15.6. The van der Waals surface area contributed by atoms with Crippen molar-refractivity contribution >= 4 is 9.76 Å². The van der Waals surface area contributed by atoms with Gasteiger partial charge in [-0.3, -0.25) is 0 Å². The predicted octanol–water partition coefficient (Wildman–Crippen LogP) is 6.42. The summed E-state index contributed by atoms with van der Waals surface area (Å²) in [4.78, 5) is 0. The van der Waals surface area contributed by atoms with Crippen molar-refractivity contribution in [2.24, 2.45) is 5.92 Å². The molecule has 0 aliphatic rings. The predicted molar refractivity (Wildman–Crippen MR) is 104 cm³/mol. The molecule has 0 heterocycles. The number of hydrogen-bond donors (Lipinski definition) is 0. The van der Waals surface area contributed by atoms with Crippen molar-refractivity contribution in [3.05, 3.63) is 12.7 Å². The minimum Gasteiger partial charge on any atom is -0.424 e. The second kappa shape index (κ2) is 19.0. The minimum absolute atomic E-state index is 0.221. The fourth-order valence-corrected chi connectivity index (χ4v) is 3.63. The van der Waals surface area contributed by atoms with Crippen molar-refractivity contribution in [3.8, 4) is 0 Å². The van der Waals surface area contributed by atoms with Gasteiger partial charge in [-0.25, -0.2) is 0 Å². The maximum atomic E-state index is 5.83. The highest BCUT2D eigenvalue weighted by Gasteiger charge is 2.08. The topological polar surface area (TPSA) is 9.23 Å². The molecule has 0 aromatic rings. The zero-order chi connectivity index (χ0) is 16.3. The lowest BCUT2D eigenvalue weighted by atomic mass is 9.95. The van der Waals surface area contributed by atoms with Gasteiger partial charge in [0.1, 0.15) is 0 Å². The molecule has 0 saturated heterocycles. The van der Waals surface area contributed by atoms with Crippen molar-refractivity contribution in [3.63, 3.8) is 0 Å². The Morgan fingerprint density at radius 1 is 0.864 bits per heavy atom. The van der Waals surface area contributed by atoms with E-state index in [1.54, 1.807) is 0 Å². The van der Waals surface area contributed by atoms with E-state index in [0.29, 0.717) is 0 Å². The van der Waals surface area contributed by atoms with E-state index >= 15 is 0 Å². The highest BCUT2D eigenvalue weighted by molar-refractivity contribution is 6.24. The van der Waals surface area contributed by atoms with Crippen LogP contribution in [0.15, 0.2) is 12.7 Å². The minimum atomic E-state index is -0.221. The van der Waals surface area contributed by atoms with Crippen LogP contribution in [0.2, 0.25) is 6.55 Å². The molecule has 0 saturated carbocycles. The van der Waals surface area contributed by atoms with E-state index in [0.717, 1.165) is 12.5 Å². The van der Waals surface area contributed by atoms with Gasteiger partial charge in [-0.05, 0) is 31.6 Å². The Balaban J connectivity index is 3.58. The van der Waals surface area contributed by atoms with Crippen molar-refractivity contribution in [2.75, 3.05) is 6.61 Å². The van der Waals surface area contributed by atoms with Crippen molar-refractivity contribution in [1.82, 2.24) is 0 Å². The van der Waals surface area contributed by atoms with Crippen LogP contribution >= 0.6 is 0 Å². The maximum absolute atomic E-state index is 5.83. The first-order chi connectivity index (χ1) is 10.8. The van der Waals surface area contributed by atoms with Gasteiger partial charge in [-0.2, -0.15) is 0 Å². The number of allylic oxidation sites excluding steroid dienone is 1. The molecule has 132 valence electrons. The average molecular weight is 327 g/mol. The van der Waals surface area contributed by atoms with Gasteiger partial charge in [0.15, 0.2) is 9.76 Å². The summed E-state index contributed by atoms with van der Waals surface area (Å²) in [6.45, 7) is 9.38. The van der Waals surface area contributed by atoms with Gasteiger partial charge in [-0.15, -0.1) is 6.58 Å². The van der Waals surface area contributed by atoms with Crippen LogP contribution in [-0.2, 0) is 4.43 Å². The van der Waals surface area contributed by atoms with Crippen LogP contribution < -0.4 is 0 Å². The maximum Gasteiger partial charge on any atom is 0.158 e. The fourth-order valence-electron chi connectivity index (χ4n) is 3.06. The van der Waals surface area contributed by atoms with E-state index in [2.05, 4.69) is 20.0 Å². The summed E-state index contributed by atoms with van der Waals surface area (Å²) in [5, 5.41) is 0. The van der Waals surface area contributed by atoms with Gasteiger partial charge in [0.05, 0.1) is 0 Å². The standard InChI is InChI=1S/C20H42OSi/c1-4-6-8-10-12-14-16-18-20(19-21-22-3)17-15-13-11-9-7-5-2/h4,20H,1,5-19,22H2,2-3H3. The number of hydrogen-bond acceptors (Lipinski definition) is 1. The second-order valence-electron chi connectivity index (χ2n) is 6.72. The molecule has 22 heavy (non-hydrogen) atoms. The molecule has 0 aliphatic heterocycles. The Kier molecular flexibility index (Phi) is 18.9. The van der Waals surface area contributed by atoms with Crippen LogP contribution in [0.3, 0.4) is 0 Å². The van der Waals surface area contributed by atoms with Crippen molar-refractivity contribution in [1.29, 1.82) is 0 Å². The van der Waals surface area contributed by atoms with E-state index in [-0.39, 0.29) is 9.76 Å². The first-order valence-electron chi connectivity index (χ1n) is 10.0.